The van der Waals surface area contributed by atoms with Crippen molar-refractivity contribution in [1.29, 1.82) is 0 Å². The van der Waals surface area contributed by atoms with Gasteiger partial charge in [0.25, 0.3) is 21.8 Å². The second-order valence-electron chi connectivity index (χ2n) is 8.96. The molecule has 0 heterocycles. The summed E-state index contributed by atoms with van der Waals surface area (Å²) in [6, 6.07) is 27.8. The first-order chi connectivity index (χ1) is 20.7. The zero-order chi connectivity index (χ0) is 30.7. The van der Waals surface area contributed by atoms with E-state index in [1.165, 1.54) is 18.3 Å². The number of para-hydroxylation sites is 1. The smallest absolute Gasteiger partial charge is 0.264 e. The van der Waals surface area contributed by atoms with Gasteiger partial charge >= 0.3 is 0 Å². The van der Waals surface area contributed by atoms with Gasteiger partial charge in [0, 0.05) is 10.7 Å². The number of hydrogen-bond donors (Lipinski definition) is 2. The van der Waals surface area contributed by atoms with Gasteiger partial charge in [-0.15, -0.1) is 0 Å². The van der Waals surface area contributed by atoms with E-state index in [2.05, 4.69) is 15.8 Å². The molecule has 4 aromatic rings. The van der Waals surface area contributed by atoms with E-state index in [9.17, 15) is 18.0 Å². The summed E-state index contributed by atoms with van der Waals surface area (Å²) < 4.78 is 38.9. The number of nitrogens with zero attached hydrogens (tertiary/aromatic N) is 2. The van der Waals surface area contributed by atoms with Crippen molar-refractivity contribution in [1.82, 2.24) is 5.43 Å². The Morgan fingerprint density at radius 1 is 0.860 bits per heavy atom. The molecule has 43 heavy (non-hydrogen) atoms. The quantitative estimate of drug-likeness (QED) is 0.158. The molecule has 0 aliphatic heterocycles. The second-order valence-corrected chi connectivity index (χ2v) is 11.3. The lowest BCUT2D eigenvalue weighted by Crippen LogP contribution is -2.39. The van der Waals surface area contributed by atoms with Crippen LogP contribution < -0.4 is 24.5 Å². The Bertz CT molecular complexity index is 1670. The predicted molar refractivity (Wildman–Crippen MR) is 166 cm³/mol. The van der Waals surface area contributed by atoms with Crippen LogP contribution in [0.25, 0.3) is 0 Å². The molecule has 0 aromatic heterocycles. The molecule has 0 fully saturated rings. The van der Waals surface area contributed by atoms with E-state index in [4.69, 9.17) is 21.1 Å². The van der Waals surface area contributed by atoms with Crippen LogP contribution in [0.2, 0.25) is 5.02 Å². The fourth-order valence-corrected chi connectivity index (χ4v) is 5.43. The highest BCUT2D eigenvalue weighted by Crippen LogP contribution is 2.25. The van der Waals surface area contributed by atoms with Crippen LogP contribution in [-0.4, -0.2) is 46.2 Å². The molecule has 0 bridgehead atoms. The Morgan fingerprint density at radius 3 is 2.21 bits per heavy atom. The summed E-state index contributed by atoms with van der Waals surface area (Å²) in [5, 5.41) is 7.16. The lowest BCUT2D eigenvalue weighted by Gasteiger charge is -2.23. The van der Waals surface area contributed by atoms with Gasteiger partial charge in [-0.3, -0.25) is 13.9 Å². The van der Waals surface area contributed by atoms with Gasteiger partial charge in [-0.2, -0.15) is 5.10 Å². The van der Waals surface area contributed by atoms with Gasteiger partial charge in [0.05, 0.1) is 23.4 Å². The molecular formula is C31H29ClN4O6S. The number of anilines is 2. The van der Waals surface area contributed by atoms with Gasteiger partial charge in [0.1, 0.15) is 18.0 Å². The first kappa shape index (κ1) is 31.1. The van der Waals surface area contributed by atoms with Crippen LogP contribution >= 0.6 is 11.6 Å². The van der Waals surface area contributed by atoms with Gasteiger partial charge in [-0.1, -0.05) is 35.9 Å². The predicted octanol–water partition coefficient (Wildman–Crippen LogP) is 5.10. The van der Waals surface area contributed by atoms with Crippen molar-refractivity contribution in [2.24, 2.45) is 5.10 Å². The van der Waals surface area contributed by atoms with Crippen LogP contribution in [0.3, 0.4) is 0 Å². The first-order valence-corrected chi connectivity index (χ1v) is 15.0. The minimum atomic E-state index is -4.08. The second kappa shape index (κ2) is 14.9. The number of carbonyl (C=O) groups is 2. The summed E-state index contributed by atoms with van der Waals surface area (Å²) in [6.45, 7) is 1.58. The average Bonchev–Trinajstić information content (AvgIpc) is 3.00. The summed E-state index contributed by atoms with van der Waals surface area (Å²) in [7, 11) is -4.08. The molecule has 0 saturated heterocycles. The summed E-state index contributed by atoms with van der Waals surface area (Å²) >= 11 is 5.92. The zero-order valence-electron chi connectivity index (χ0n) is 23.1. The van der Waals surface area contributed by atoms with Crippen LogP contribution in [-0.2, 0) is 19.6 Å². The van der Waals surface area contributed by atoms with Crippen molar-refractivity contribution in [3.8, 4) is 11.5 Å². The molecule has 2 N–H and O–H groups in total. The number of rotatable bonds is 13. The molecule has 10 nitrogen and oxygen atoms in total. The van der Waals surface area contributed by atoms with Crippen LogP contribution in [0.1, 0.15) is 12.5 Å². The first-order valence-electron chi connectivity index (χ1n) is 13.2. The Balaban J connectivity index is 1.34. The standard InChI is InChI=1S/C31H29ClN4O6S/c1-2-41-27-15-17-29(18-16-27)43(39,40)36(26-9-4-3-5-10-26)21-30(37)35-33-20-23-11-13-28(14-12-23)42-22-31(38)34-25-8-6-7-24(32)19-25/h3-20H,2,21-22H2,1H3,(H,34,38)(H,35,37)/b33-20+. The van der Waals surface area contributed by atoms with Crippen LogP contribution in [0, 0.1) is 0 Å². The third kappa shape index (κ3) is 9.06. The summed E-state index contributed by atoms with van der Waals surface area (Å²) in [5.41, 5.74) is 3.90. The fraction of sp³-hybridized carbons (Fsp3) is 0.129. The van der Waals surface area contributed by atoms with E-state index < -0.39 is 22.5 Å². The molecule has 2 amide bonds. The van der Waals surface area contributed by atoms with E-state index in [-0.39, 0.29) is 17.4 Å². The highest BCUT2D eigenvalue weighted by molar-refractivity contribution is 7.92. The van der Waals surface area contributed by atoms with Gasteiger partial charge < -0.3 is 14.8 Å². The van der Waals surface area contributed by atoms with Crippen LogP contribution in [0.15, 0.2) is 113 Å². The molecule has 0 atom stereocenters. The highest BCUT2D eigenvalue weighted by atomic mass is 35.5. The maximum atomic E-state index is 13.5. The van der Waals surface area contributed by atoms with Gasteiger partial charge in [0.2, 0.25) is 0 Å². The molecule has 4 aromatic carbocycles. The van der Waals surface area contributed by atoms with Gasteiger partial charge in [0.15, 0.2) is 6.61 Å². The number of halogens is 1. The molecule has 0 saturated carbocycles. The maximum Gasteiger partial charge on any atom is 0.264 e. The third-order valence-electron chi connectivity index (χ3n) is 5.82. The topological polar surface area (TPSA) is 126 Å². The third-order valence-corrected chi connectivity index (χ3v) is 7.84. The maximum absolute atomic E-state index is 13.5. The van der Waals surface area contributed by atoms with E-state index in [1.807, 2.05) is 6.92 Å². The number of hydrogen-bond acceptors (Lipinski definition) is 7. The van der Waals surface area contributed by atoms with E-state index >= 15 is 0 Å². The largest absolute Gasteiger partial charge is 0.494 e. The fourth-order valence-electron chi connectivity index (χ4n) is 3.82. The van der Waals surface area contributed by atoms with Crippen molar-refractivity contribution in [2.45, 2.75) is 11.8 Å². The number of ether oxygens (including phenoxy) is 2. The van der Waals surface area contributed by atoms with Crippen molar-refractivity contribution >= 4 is 51.0 Å². The Labute approximate surface area is 254 Å². The Morgan fingerprint density at radius 2 is 1.53 bits per heavy atom. The molecule has 0 radical (unpaired) electrons. The minimum absolute atomic E-state index is 0.0142. The zero-order valence-corrected chi connectivity index (χ0v) is 24.7. The SMILES string of the molecule is CCOc1ccc(S(=O)(=O)N(CC(=O)N/N=C/c2ccc(OCC(=O)Nc3cccc(Cl)c3)cc2)c2ccccc2)cc1. The molecule has 0 aliphatic carbocycles. The van der Waals surface area contributed by atoms with Gasteiger partial charge in [-0.25, -0.2) is 13.8 Å². The van der Waals surface area contributed by atoms with Crippen LogP contribution in [0.5, 0.6) is 11.5 Å². The number of carbonyl (C=O) groups excluding carboxylic acids is 2. The molecular weight excluding hydrogens is 592 g/mol. The molecule has 12 heteroatoms. The van der Waals surface area contributed by atoms with E-state index in [0.717, 1.165) is 4.31 Å². The molecule has 0 spiro atoms. The normalized spacial score (nSPS) is 11.1. The summed E-state index contributed by atoms with van der Waals surface area (Å²) in [5.74, 6) is 0.0177. The molecule has 0 aliphatic rings. The van der Waals surface area contributed by atoms with Gasteiger partial charge in [-0.05, 0) is 91.3 Å². The Kier molecular flexibility index (Phi) is 10.7. The minimum Gasteiger partial charge on any atom is -0.494 e. The molecule has 4 rings (SSSR count). The number of nitrogens with one attached hydrogen (secondary N) is 2. The number of amides is 2. The van der Waals surface area contributed by atoms with E-state index in [0.29, 0.717) is 40.1 Å². The Hall–Kier alpha value is -4.87. The van der Waals surface area contributed by atoms with Crippen molar-refractivity contribution in [3.63, 3.8) is 0 Å². The number of hydrazone groups is 1. The average molecular weight is 621 g/mol. The molecule has 222 valence electrons. The van der Waals surface area contributed by atoms with E-state index in [1.54, 1.807) is 91.0 Å². The summed E-state index contributed by atoms with van der Waals surface area (Å²) in [4.78, 5) is 24.9. The van der Waals surface area contributed by atoms with Crippen molar-refractivity contribution < 1.29 is 27.5 Å². The number of sulfonamides is 1. The summed E-state index contributed by atoms with van der Waals surface area (Å²) in [6.07, 6.45) is 1.40. The highest BCUT2D eigenvalue weighted by Gasteiger charge is 2.27. The lowest BCUT2D eigenvalue weighted by molar-refractivity contribution is -0.119. The lowest BCUT2D eigenvalue weighted by atomic mass is 10.2. The monoisotopic (exact) mass is 620 g/mol. The van der Waals surface area contributed by atoms with Crippen molar-refractivity contribution in [3.05, 3.63) is 114 Å². The molecule has 0 unspecified atom stereocenters. The van der Waals surface area contributed by atoms with Crippen molar-refractivity contribution in [2.75, 3.05) is 29.4 Å². The number of benzene rings is 4. The van der Waals surface area contributed by atoms with Crippen LogP contribution in [0.4, 0.5) is 11.4 Å².